The Hall–Kier alpha value is -1.49. The molecular weight excluding hydrogens is 294 g/mol. The number of nitrogens with one attached hydrogen (secondary N) is 1. The average Bonchev–Trinajstić information content (AvgIpc) is 2.89. The number of nitrogens with zero attached hydrogens (tertiary/aromatic N) is 2. The topological polar surface area (TPSA) is 40.0 Å². The molecule has 0 spiro atoms. The van der Waals surface area contributed by atoms with Gasteiger partial charge in [-0.25, -0.2) is 9.55 Å². The SMILES string of the molecule is CN(C(=O)CSc1[nH]c2ccccc2[n+]1C)C1CCCCC1. The number of hydrogen-bond acceptors (Lipinski definition) is 2. The predicted octanol–water partition coefficient (Wildman–Crippen LogP) is 2.88. The standard InChI is InChI=1S/C17H23N3OS/c1-19(13-8-4-3-5-9-13)16(21)12-22-17-18-14-10-6-7-11-15(14)20(17)2/h6-7,10-11,13H,3-5,8-9,12H2,1-2H3/p+1. The van der Waals surface area contributed by atoms with Crippen LogP contribution < -0.4 is 4.57 Å². The zero-order chi connectivity index (χ0) is 15.5. The van der Waals surface area contributed by atoms with Gasteiger partial charge in [0.1, 0.15) is 0 Å². The van der Waals surface area contributed by atoms with Crippen LogP contribution in [0.5, 0.6) is 0 Å². The lowest BCUT2D eigenvalue weighted by molar-refractivity contribution is -0.683. The van der Waals surface area contributed by atoms with Crippen LogP contribution in [0.4, 0.5) is 0 Å². The van der Waals surface area contributed by atoms with Gasteiger partial charge in [-0.05, 0) is 36.7 Å². The van der Waals surface area contributed by atoms with Crippen molar-refractivity contribution in [1.82, 2.24) is 9.88 Å². The highest BCUT2D eigenvalue weighted by Crippen LogP contribution is 2.23. The van der Waals surface area contributed by atoms with Gasteiger partial charge in [0.15, 0.2) is 11.0 Å². The molecule has 1 aromatic carbocycles. The van der Waals surface area contributed by atoms with Crippen LogP contribution in [0.15, 0.2) is 29.4 Å². The lowest BCUT2D eigenvalue weighted by Gasteiger charge is -2.31. The fraction of sp³-hybridized carbons (Fsp3) is 0.529. The van der Waals surface area contributed by atoms with E-state index >= 15 is 0 Å². The predicted molar refractivity (Wildman–Crippen MR) is 89.8 cm³/mol. The summed E-state index contributed by atoms with van der Waals surface area (Å²) in [6, 6.07) is 8.65. The number of thioether (sulfide) groups is 1. The normalized spacial score (nSPS) is 16.1. The van der Waals surface area contributed by atoms with Crippen molar-refractivity contribution in [3.05, 3.63) is 24.3 Å². The molecule has 5 heteroatoms. The molecule has 0 atom stereocenters. The molecule has 1 aliphatic rings. The second kappa shape index (κ2) is 6.73. The molecule has 0 unspecified atom stereocenters. The first-order valence-corrected chi connectivity index (χ1v) is 9.00. The van der Waals surface area contributed by atoms with Gasteiger partial charge >= 0.3 is 5.16 Å². The number of aromatic nitrogens is 2. The number of imidazole rings is 1. The Bertz CT molecular complexity index is 661. The van der Waals surface area contributed by atoms with Gasteiger partial charge in [-0.15, -0.1) is 0 Å². The molecule has 1 heterocycles. The Kier molecular flexibility index (Phi) is 4.71. The largest absolute Gasteiger partial charge is 0.342 e. The van der Waals surface area contributed by atoms with E-state index in [4.69, 9.17) is 0 Å². The number of amides is 1. The summed E-state index contributed by atoms with van der Waals surface area (Å²) in [4.78, 5) is 17.8. The first-order valence-electron chi connectivity index (χ1n) is 8.02. The van der Waals surface area contributed by atoms with Crippen LogP contribution >= 0.6 is 11.8 Å². The van der Waals surface area contributed by atoms with Crippen LogP contribution in [0.25, 0.3) is 11.0 Å². The zero-order valence-corrected chi connectivity index (χ0v) is 14.2. The summed E-state index contributed by atoms with van der Waals surface area (Å²) in [5, 5.41) is 1.03. The Morgan fingerprint density at radius 2 is 2.05 bits per heavy atom. The lowest BCUT2D eigenvalue weighted by Crippen LogP contribution is -2.39. The zero-order valence-electron chi connectivity index (χ0n) is 13.3. The monoisotopic (exact) mass is 318 g/mol. The maximum atomic E-state index is 12.4. The number of hydrogen-bond donors (Lipinski definition) is 1. The molecule has 0 aliphatic heterocycles. The van der Waals surface area contributed by atoms with Gasteiger partial charge in [-0.2, -0.15) is 0 Å². The van der Waals surface area contributed by atoms with E-state index in [1.165, 1.54) is 19.3 Å². The Labute approximate surface area is 135 Å². The summed E-state index contributed by atoms with van der Waals surface area (Å²) in [6.45, 7) is 0. The number of para-hydroxylation sites is 2. The average molecular weight is 318 g/mol. The third-order valence-corrected chi connectivity index (χ3v) is 5.70. The molecule has 3 rings (SSSR count). The van der Waals surface area contributed by atoms with Gasteiger partial charge in [0.05, 0.1) is 12.8 Å². The van der Waals surface area contributed by atoms with E-state index in [9.17, 15) is 4.79 Å². The second-order valence-corrected chi connectivity index (χ2v) is 7.06. The van der Waals surface area contributed by atoms with Crippen LogP contribution in [-0.2, 0) is 11.8 Å². The number of carbonyl (C=O) groups excluding carboxylic acids is 1. The molecule has 22 heavy (non-hydrogen) atoms. The molecule has 0 saturated heterocycles. The molecular formula is C17H24N3OS+. The van der Waals surface area contributed by atoms with E-state index in [0.29, 0.717) is 11.8 Å². The van der Waals surface area contributed by atoms with Crippen LogP contribution in [0.1, 0.15) is 32.1 Å². The van der Waals surface area contributed by atoms with Gasteiger partial charge < -0.3 is 4.90 Å². The fourth-order valence-corrected chi connectivity index (χ4v) is 4.16. The van der Waals surface area contributed by atoms with Crippen molar-refractivity contribution in [3.8, 4) is 0 Å². The summed E-state index contributed by atoms with van der Waals surface area (Å²) in [5.74, 6) is 0.726. The van der Waals surface area contributed by atoms with Crippen LogP contribution in [0.2, 0.25) is 0 Å². The first-order chi connectivity index (χ1) is 10.7. The second-order valence-electron chi connectivity index (χ2n) is 6.09. The number of H-pyrrole nitrogens is 1. The minimum atomic E-state index is 0.232. The Morgan fingerprint density at radius 3 is 2.77 bits per heavy atom. The van der Waals surface area contributed by atoms with Gasteiger partial charge in [0.2, 0.25) is 5.91 Å². The summed E-state index contributed by atoms with van der Waals surface area (Å²) in [6.07, 6.45) is 6.15. The van der Waals surface area contributed by atoms with Gasteiger partial charge in [-0.1, -0.05) is 31.4 Å². The molecule has 1 aromatic heterocycles. The molecule has 1 N–H and O–H groups in total. The molecule has 2 aromatic rings. The number of aromatic amines is 1. The van der Waals surface area contributed by atoms with Crippen LogP contribution in [0, 0.1) is 0 Å². The van der Waals surface area contributed by atoms with Gasteiger partial charge in [-0.3, -0.25) is 4.79 Å². The number of rotatable bonds is 4. The number of fused-ring (bicyclic) bond motifs is 1. The van der Waals surface area contributed by atoms with Crippen molar-refractivity contribution >= 4 is 28.7 Å². The van der Waals surface area contributed by atoms with E-state index < -0.39 is 0 Å². The Balaban J connectivity index is 1.63. The number of benzene rings is 1. The van der Waals surface area contributed by atoms with Crippen molar-refractivity contribution in [3.63, 3.8) is 0 Å². The molecule has 118 valence electrons. The smallest absolute Gasteiger partial charge is 0.317 e. The van der Waals surface area contributed by atoms with E-state index in [0.717, 1.165) is 29.0 Å². The molecule has 4 nitrogen and oxygen atoms in total. The van der Waals surface area contributed by atoms with Gasteiger partial charge in [0, 0.05) is 13.1 Å². The van der Waals surface area contributed by atoms with E-state index in [2.05, 4.69) is 21.7 Å². The van der Waals surface area contributed by atoms with E-state index in [1.807, 2.05) is 31.1 Å². The van der Waals surface area contributed by atoms with Crippen LogP contribution in [-0.4, -0.2) is 34.6 Å². The number of aryl methyl sites for hydroxylation is 1. The lowest BCUT2D eigenvalue weighted by atomic mass is 9.94. The molecule has 1 fully saturated rings. The van der Waals surface area contributed by atoms with Crippen LogP contribution in [0.3, 0.4) is 0 Å². The third-order valence-electron chi connectivity index (χ3n) is 4.66. The highest BCUT2D eigenvalue weighted by atomic mass is 32.2. The summed E-state index contributed by atoms with van der Waals surface area (Å²) < 4.78 is 2.12. The summed E-state index contributed by atoms with van der Waals surface area (Å²) in [5.41, 5.74) is 2.28. The molecule has 0 radical (unpaired) electrons. The maximum Gasteiger partial charge on any atom is 0.317 e. The third kappa shape index (κ3) is 3.14. The number of carbonyl (C=O) groups is 1. The first kappa shape index (κ1) is 15.4. The highest BCUT2D eigenvalue weighted by molar-refractivity contribution is 7.99. The minimum Gasteiger partial charge on any atom is -0.342 e. The van der Waals surface area contributed by atoms with Crippen molar-refractivity contribution in [2.45, 2.75) is 43.3 Å². The van der Waals surface area contributed by atoms with E-state index in [-0.39, 0.29) is 5.91 Å². The summed E-state index contributed by atoms with van der Waals surface area (Å²) >= 11 is 1.59. The van der Waals surface area contributed by atoms with E-state index in [1.54, 1.807) is 11.8 Å². The molecule has 1 amide bonds. The molecule has 1 saturated carbocycles. The van der Waals surface area contributed by atoms with Crippen molar-refractivity contribution in [1.29, 1.82) is 0 Å². The van der Waals surface area contributed by atoms with Crippen molar-refractivity contribution in [2.75, 3.05) is 12.8 Å². The van der Waals surface area contributed by atoms with Gasteiger partial charge in [0.25, 0.3) is 0 Å². The maximum absolute atomic E-state index is 12.4. The van der Waals surface area contributed by atoms with Crippen molar-refractivity contribution in [2.24, 2.45) is 7.05 Å². The fourth-order valence-electron chi connectivity index (χ4n) is 3.22. The van der Waals surface area contributed by atoms with Crippen molar-refractivity contribution < 1.29 is 9.36 Å². The quantitative estimate of drug-likeness (QED) is 0.695. The summed E-state index contributed by atoms with van der Waals surface area (Å²) in [7, 11) is 4.00. The molecule has 1 aliphatic carbocycles. The minimum absolute atomic E-state index is 0.232. The molecule has 0 bridgehead atoms. The Morgan fingerprint density at radius 1 is 1.32 bits per heavy atom. The highest BCUT2D eigenvalue weighted by Gasteiger charge is 2.23.